The van der Waals surface area contributed by atoms with Crippen molar-refractivity contribution < 1.29 is 4.79 Å². The molecule has 0 saturated carbocycles. The average molecular weight is 362 g/mol. The number of aryl methyl sites for hydroxylation is 2. The third-order valence-electron chi connectivity index (χ3n) is 4.56. The van der Waals surface area contributed by atoms with E-state index in [4.69, 9.17) is 0 Å². The van der Waals surface area contributed by atoms with Gasteiger partial charge in [0.2, 0.25) is 0 Å². The molecule has 0 unspecified atom stereocenters. The molecule has 3 rings (SSSR count). The molecule has 7 nitrogen and oxygen atoms in total. The van der Waals surface area contributed by atoms with Gasteiger partial charge in [-0.05, 0) is 31.9 Å². The summed E-state index contributed by atoms with van der Waals surface area (Å²) >= 11 is 1.49. The molecule has 0 aromatic carbocycles. The van der Waals surface area contributed by atoms with Crippen LogP contribution in [-0.4, -0.2) is 34.2 Å². The second-order valence-corrected chi connectivity index (χ2v) is 7.70. The number of anilines is 1. The van der Waals surface area contributed by atoms with E-state index in [1.54, 1.807) is 13.2 Å². The Morgan fingerprint density at radius 2 is 1.88 bits per heavy atom. The van der Waals surface area contributed by atoms with E-state index in [2.05, 4.69) is 5.32 Å². The Morgan fingerprint density at radius 3 is 2.48 bits per heavy atom. The van der Waals surface area contributed by atoms with Gasteiger partial charge in [0.05, 0.1) is 4.88 Å². The Balaban J connectivity index is 1.65. The zero-order valence-electron chi connectivity index (χ0n) is 14.6. The number of hydrogen-bond acceptors (Lipinski definition) is 5. The number of thiophene rings is 1. The number of rotatable bonds is 3. The summed E-state index contributed by atoms with van der Waals surface area (Å²) in [6.07, 6.45) is 3.13. The van der Waals surface area contributed by atoms with E-state index in [9.17, 15) is 14.4 Å². The summed E-state index contributed by atoms with van der Waals surface area (Å²) in [5, 5.41) is 3.07. The molecule has 2 aromatic heterocycles. The molecule has 134 valence electrons. The lowest BCUT2D eigenvalue weighted by atomic mass is 10.0. The minimum atomic E-state index is -0.331. The van der Waals surface area contributed by atoms with E-state index in [0.29, 0.717) is 18.8 Å². The molecular weight excluding hydrogens is 340 g/mol. The van der Waals surface area contributed by atoms with Crippen LogP contribution in [0.4, 0.5) is 5.69 Å². The van der Waals surface area contributed by atoms with Gasteiger partial charge >= 0.3 is 5.69 Å². The summed E-state index contributed by atoms with van der Waals surface area (Å²) in [4.78, 5) is 40.2. The molecule has 2 aromatic rings. The first kappa shape index (κ1) is 17.5. The minimum Gasteiger partial charge on any atom is -0.366 e. The van der Waals surface area contributed by atoms with Crippen molar-refractivity contribution in [1.82, 2.24) is 14.5 Å². The highest BCUT2D eigenvalue weighted by atomic mass is 32.1. The maximum absolute atomic E-state index is 12.3. The van der Waals surface area contributed by atoms with Gasteiger partial charge in [-0.25, -0.2) is 4.79 Å². The quantitative estimate of drug-likeness (QED) is 0.878. The summed E-state index contributed by atoms with van der Waals surface area (Å²) in [5.74, 6) is -0.0328. The molecule has 0 bridgehead atoms. The van der Waals surface area contributed by atoms with Crippen LogP contribution in [0.15, 0.2) is 27.9 Å². The van der Waals surface area contributed by atoms with Crippen molar-refractivity contribution >= 4 is 22.9 Å². The number of amides is 1. The lowest BCUT2D eigenvalue weighted by Gasteiger charge is -2.33. The molecule has 0 spiro atoms. The van der Waals surface area contributed by atoms with Crippen LogP contribution in [-0.2, 0) is 14.1 Å². The largest absolute Gasteiger partial charge is 0.366 e. The van der Waals surface area contributed by atoms with Gasteiger partial charge in [-0.15, -0.1) is 11.3 Å². The van der Waals surface area contributed by atoms with Crippen LogP contribution in [0.2, 0.25) is 0 Å². The third kappa shape index (κ3) is 3.53. The van der Waals surface area contributed by atoms with Crippen LogP contribution < -0.4 is 21.5 Å². The molecule has 1 N–H and O–H groups in total. The van der Waals surface area contributed by atoms with E-state index >= 15 is 0 Å². The number of carbonyl (C=O) groups excluding carboxylic acids is 1. The fourth-order valence-electron chi connectivity index (χ4n) is 3.08. The van der Waals surface area contributed by atoms with E-state index in [1.807, 2.05) is 24.0 Å². The van der Waals surface area contributed by atoms with E-state index < -0.39 is 0 Å². The summed E-state index contributed by atoms with van der Waals surface area (Å²) in [6, 6.07) is 3.89. The molecule has 0 aliphatic carbocycles. The van der Waals surface area contributed by atoms with Crippen LogP contribution in [0.5, 0.6) is 0 Å². The SMILES string of the molecule is Cc1ccc(C(=O)NC2CCN(c3cn(C)c(=O)n(C)c3=O)CC2)s1. The predicted octanol–water partition coefficient (Wildman–Crippen LogP) is 0.853. The summed E-state index contributed by atoms with van der Waals surface area (Å²) in [6.45, 7) is 3.32. The lowest BCUT2D eigenvalue weighted by Crippen LogP contribution is -2.47. The molecule has 1 amide bonds. The molecule has 0 radical (unpaired) electrons. The van der Waals surface area contributed by atoms with Crippen LogP contribution in [0.1, 0.15) is 27.4 Å². The molecular formula is C17H22N4O3S. The molecule has 1 aliphatic rings. The second-order valence-electron chi connectivity index (χ2n) is 6.42. The standard InChI is InChI=1S/C17H22N4O3S/c1-11-4-5-14(25-11)15(22)18-12-6-8-21(9-7-12)13-10-19(2)17(24)20(3)16(13)23/h4-5,10,12H,6-9H2,1-3H3,(H,18,22). The van der Waals surface area contributed by atoms with Crippen LogP contribution in [0.25, 0.3) is 0 Å². The van der Waals surface area contributed by atoms with Crippen molar-refractivity contribution in [3.05, 3.63) is 48.9 Å². The van der Waals surface area contributed by atoms with Crippen LogP contribution >= 0.6 is 11.3 Å². The zero-order chi connectivity index (χ0) is 18.1. The third-order valence-corrected chi connectivity index (χ3v) is 5.56. The Hall–Kier alpha value is -2.35. The second kappa shape index (κ2) is 6.87. The molecule has 3 heterocycles. The van der Waals surface area contributed by atoms with Crippen molar-refractivity contribution in [1.29, 1.82) is 0 Å². The number of hydrogen-bond donors (Lipinski definition) is 1. The maximum atomic E-state index is 12.3. The van der Waals surface area contributed by atoms with Gasteiger partial charge in [-0.2, -0.15) is 0 Å². The van der Waals surface area contributed by atoms with Gasteiger partial charge in [0, 0.05) is 44.3 Å². The molecule has 1 aliphatic heterocycles. The number of nitrogens with zero attached hydrogens (tertiary/aromatic N) is 3. The number of piperidine rings is 1. The van der Waals surface area contributed by atoms with Gasteiger partial charge in [-0.1, -0.05) is 0 Å². The fourth-order valence-corrected chi connectivity index (χ4v) is 3.85. The highest BCUT2D eigenvalue weighted by Crippen LogP contribution is 2.18. The van der Waals surface area contributed by atoms with E-state index in [0.717, 1.165) is 27.2 Å². The Labute approximate surface area is 149 Å². The monoisotopic (exact) mass is 362 g/mol. The van der Waals surface area contributed by atoms with Crippen molar-refractivity contribution in [2.75, 3.05) is 18.0 Å². The first-order valence-corrected chi connectivity index (χ1v) is 9.07. The fraction of sp³-hybridized carbons (Fsp3) is 0.471. The van der Waals surface area contributed by atoms with Crippen molar-refractivity contribution in [2.45, 2.75) is 25.8 Å². The first-order valence-electron chi connectivity index (χ1n) is 8.25. The van der Waals surface area contributed by atoms with Gasteiger partial charge in [0.25, 0.3) is 11.5 Å². The Bertz CT molecular complexity index is 903. The zero-order valence-corrected chi connectivity index (χ0v) is 15.4. The summed E-state index contributed by atoms with van der Waals surface area (Å²) < 4.78 is 2.55. The molecule has 0 atom stereocenters. The number of aromatic nitrogens is 2. The number of carbonyl (C=O) groups is 1. The smallest absolute Gasteiger partial charge is 0.330 e. The molecule has 1 saturated heterocycles. The van der Waals surface area contributed by atoms with Gasteiger partial charge < -0.3 is 14.8 Å². The van der Waals surface area contributed by atoms with Crippen LogP contribution in [0, 0.1) is 6.92 Å². The minimum absolute atomic E-state index is 0.0328. The van der Waals surface area contributed by atoms with E-state index in [1.165, 1.54) is 23.0 Å². The normalized spacial score (nSPS) is 15.4. The lowest BCUT2D eigenvalue weighted by molar-refractivity contribution is 0.0935. The predicted molar refractivity (Wildman–Crippen MR) is 98.7 cm³/mol. The Morgan fingerprint density at radius 1 is 1.20 bits per heavy atom. The van der Waals surface area contributed by atoms with Crippen molar-refractivity contribution in [3.8, 4) is 0 Å². The first-order chi connectivity index (χ1) is 11.9. The van der Waals surface area contributed by atoms with Crippen LogP contribution in [0.3, 0.4) is 0 Å². The maximum Gasteiger partial charge on any atom is 0.330 e. The molecule has 25 heavy (non-hydrogen) atoms. The summed E-state index contributed by atoms with van der Waals surface area (Å²) in [5.41, 5.74) is -0.0787. The van der Waals surface area contributed by atoms with Gasteiger partial charge in [0.1, 0.15) is 5.69 Å². The molecule has 1 fully saturated rings. The van der Waals surface area contributed by atoms with E-state index in [-0.39, 0.29) is 23.2 Å². The highest BCUT2D eigenvalue weighted by Gasteiger charge is 2.24. The number of nitrogens with one attached hydrogen (secondary N) is 1. The topological polar surface area (TPSA) is 76.3 Å². The average Bonchev–Trinajstić information content (AvgIpc) is 3.04. The van der Waals surface area contributed by atoms with Crippen molar-refractivity contribution in [3.63, 3.8) is 0 Å². The van der Waals surface area contributed by atoms with Gasteiger partial charge in [-0.3, -0.25) is 14.2 Å². The van der Waals surface area contributed by atoms with Crippen molar-refractivity contribution in [2.24, 2.45) is 14.1 Å². The molecule has 8 heteroatoms. The highest BCUT2D eigenvalue weighted by molar-refractivity contribution is 7.13. The summed E-state index contributed by atoms with van der Waals surface area (Å²) in [7, 11) is 3.13. The Kier molecular flexibility index (Phi) is 4.80. The van der Waals surface area contributed by atoms with Gasteiger partial charge in [0.15, 0.2) is 0 Å².